The zero-order valence-electron chi connectivity index (χ0n) is 22.8. The number of hydrogen-bond donors (Lipinski definition) is 0. The largest absolute Gasteiger partial charge is 0.540 e. The van der Waals surface area contributed by atoms with Gasteiger partial charge < -0.3 is 23.1 Å². The highest BCUT2D eigenvalue weighted by molar-refractivity contribution is 6.77. The van der Waals surface area contributed by atoms with Crippen LogP contribution in [0, 0.1) is 16.7 Å². The summed E-state index contributed by atoms with van der Waals surface area (Å²) in [5, 5.41) is 10.6. The molecule has 7 heteroatoms. The minimum Gasteiger partial charge on any atom is -0.540 e. The van der Waals surface area contributed by atoms with Crippen molar-refractivity contribution >= 4 is 8.32 Å². The number of allylic oxidation sites excluding steroid dienone is 4. The van der Waals surface area contributed by atoms with Crippen molar-refractivity contribution in [3.63, 3.8) is 0 Å². The SMILES string of the molecule is COC1=C(O[Si](C(C)C)(C(C)C)C(C)C)C=C2CC(=C1)CC2(C#N)CCC1(c2ccoc2)OCCO1. The fourth-order valence-electron chi connectivity index (χ4n) is 6.72. The molecule has 0 radical (unpaired) electrons. The Labute approximate surface area is 217 Å². The number of furan rings is 1. The van der Waals surface area contributed by atoms with Crippen LogP contribution in [0.15, 0.2) is 57.8 Å². The van der Waals surface area contributed by atoms with Crippen molar-refractivity contribution in [1.29, 1.82) is 5.26 Å². The minimum absolute atomic E-state index is 0.432. The maximum Gasteiger partial charge on any atom is 0.258 e. The molecule has 2 heterocycles. The molecular formula is C29H41NO5Si. The van der Waals surface area contributed by atoms with Crippen LogP contribution in [0.4, 0.5) is 0 Å². The summed E-state index contributed by atoms with van der Waals surface area (Å²) < 4.78 is 30.5. The summed E-state index contributed by atoms with van der Waals surface area (Å²) in [6.07, 6.45) is 10.2. The van der Waals surface area contributed by atoms with E-state index in [9.17, 15) is 5.26 Å². The van der Waals surface area contributed by atoms with Crippen LogP contribution < -0.4 is 0 Å². The lowest BCUT2D eigenvalue weighted by Gasteiger charge is -2.43. The highest BCUT2D eigenvalue weighted by Crippen LogP contribution is 2.54. The molecule has 0 spiro atoms. The summed E-state index contributed by atoms with van der Waals surface area (Å²) in [5.41, 5.74) is 3.83. The first kappa shape index (κ1) is 26.8. The molecule has 36 heavy (non-hydrogen) atoms. The van der Waals surface area contributed by atoms with Crippen LogP contribution in [-0.4, -0.2) is 28.6 Å². The first-order chi connectivity index (χ1) is 17.1. The molecule has 1 aromatic rings. The zero-order chi connectivity index (χ0) is 26.1. The lowest BCUT2D eigenvalue weighted by atomic mass is 9.77. The van der Waals surface area contributed by atoms with Crippen LogP contribution >= 0.6 is 0 Å². The molecule has 0 N–H and O–H groups in total. The Bertz CT molecular complexity index is 1050. The maximum absolute atomic E-state index is 10.6. The van der Waals surface area contributed by atoms with Gasteiger partial charge in [0.1, 0.15) is 5.76 Å². The summed E-state index contributed by atoms with van der Waals surface area (Å²) in [6, 6.07) is 4.58. The third-order valence-corrected chi connectivity index (χ3v) is 14.5. The third kappa shape index (κ3) is 4.48. The molecule has 3 aliphatic rings. The van der Waals surface area contributed by atoms with Gasteiger partial charge in [-0.15, -0.1) is 0 Å². The Balaban J connectivity index is 1.69. The fourth-order valence-corrected chi connectivity index (χ4v) is 12.0. The molecule has 1 aromatic heterocycles. The van der Waals surface area contributed by atoms with Crippen molar-refractivity contribution in [2.24, 2.45) is 5.41 Å². The Morgan fingerprint density at radius 2 is 1.67 bits per heavy atom. The number of methoxy groups -OCH3 is 1. The van der Waals surface area contributed by atoms with Gasteiger partial charge in [0.05, 0.1) is 44.3 Å². The number of hydrogen-bond acceptors (Lipinski definition) is 6. The molecule has 4 rings (SSSR count). The van der Waals surface area contributed by atoms with Crippen LogP contribution in [0.5, 0.6) is 0 Å². The lowest BCUT2D eigenvalue weighted by molar-refractivity contribution is -0.174. The summed E-state index contributed by atoms with van der Waals surface area (Å²) in [6.45, 7) is 14.8. The van der Waals surface area contributed by atoms with E-state index in [1.807, 2.05) is 6.07 Å². The lowest BCUT2D eigenvalue weighted by Crippen LogP contribution is -2.47. The summed E-state index contributed by atoms with van der Waals surface area (Å²) in [4.78, 5) is 0. The molecule has 196 valence electrons. The van der Waals surface area contributed by atoms with Gasteiger partial charge in [-0.2, -0.15) is 5.26 Å². The van der Waals surface area contributed by atoms with Gasteiger partial charge in [0, 0.05) is 12.0 Å². The second-order valence-corrected chi connectivity index (χ2v) is 16.7. The van der Waals surface area contributed by atoms with Crippen molar-refractivity contribution in [2.75, 3.05) is 20.3 Å². The van der Waals surface area contributed by atoms with Crippen LogP contribution in [0.25, 0.3) is 0 Å². The molecule has 1 saturated heterocycles. The molecule has 1 atom stereocenters. The van der Waals surface area contributed by atoms with E-state index < -0.39 is 19.5 Å². The molecule has 2 bridgehead atoms. The summed E-state index contributed by atoms with van der Waals surface area (Å²) >= 11 is 0. The van der Waals surface area contributed by atoms with Gasteiger partial charge in [-0.05, 0) is 59.7 Å². The number of rotatable bonds is 10. The van der Waals surface area contributed by atoms with Gasteiger partial charge in [0.2, 0.25) is 0 Å². The molecule has 1 unspecified atom stereocenters. The van der Waals surface area contributed by atoms with Gasteiger partial charge in [0.25, 0.3) is 8.32 Å². The zero-order valence-corrected chi connectivity index (χ0v) is 23.8. The van der Waals surface area contributed by atoms with E-state index in [0.717, 1.165) is 29.1 Å². The second kappa shape index (κ2) is 10.2. The van der Waals surface area contributed by atoms with Crippen molar-refractivity contribution in [3.05, 3.63) is 59.0 Å². The highest BCUT2D eigenvalue weighted by Gasteiger charge is 2.50. The van der Waals surface area contributed by atoms with Crippen molar-refractivity contribution in [1.82, 2.24) is 0 Å². The van der Waals surface area contributed by atoms with Crippen LogP contribution in [0.3, 0.4) is 0 Å². The summed E-state index contributed by atoms with van der Waals surface area (Å²) in [7, 11) is -0.507. The molecular weight excluding hydrogens is 470 g/mol. The van der Waals surface area contributed by atoms with Crippen LogP contribution in [-0.2, 0) is 24.4 Å². The number of ether oxygens (including phenoxy) is 3. The molecule has 1 saturated carbocycles. The number of nitrogens with zero attached hydrogens (tertiary/aromatic N) is 1. The van der Waals surface area contributed by atoms with E-state index in [2.05, 4.69) is 59.8 Å². The van der Waals surface area contributed by atoms with E-state index in [1.165, 1.54) is 5.57 Å². The Kier molecular flexibility index (Phi) is 7.62. The first-order valence-corrected chi connectivity index (χ1v) is 15.4. The number of fused-ring (bicyclic) bond motifs is 2. The molecule has 2 aliphatic carbocycles. The Morgan fingerprint density at radius 1 is 1.00 bits per heavy atom. The van der Waals surface area contributed by atoms with Gasteiger partial charge in [-0.25, -0.2) is 0 Å². The van der Waals surface area contributed by atoms with Crippen LogP contribution in [0.2, 0.25) is 16.6 Å². The van der Waals surface area contributed by atoms with Gasteiger partial charge in [-0.1, -0.05) is 47.1 Å². The van der Waals surface area contributed by atoms with E-state index in [0.29, 0.717) is 49.1 Å². The van der Waals surface area contributed by atoms with Gasteiger partial charge >= 0.3 is 0 Å². The molecule has 2 fully saturated rings. The standard InChI is InChI=1S/C29H41NO5Si/c1-20(2)36(21(3)4,22(5)6)35-27-16-25-14-23(15-26(27)31-7)17-28(25,19-30)9-10-29(33-12-13-34-29)24-8-11-32-18-24/h8,11,15-16,18,20-22H,9-10,12-14,17H2,1-7H3. The van der Waals surface area contributed by atoms with Crippen molar-refractivity contribution < 1.29 is 23.1 Å². The van der Waals surface area contributed by atoms with E-state index >= 15 is 0 Å². The predicted molar refractivity (Wildman–Crippen MR) is 141 cm³/mol. The van der Waals surface area contributed by atoms with Gasteiger partial charge in [0.15, 0.2) is 11.5 Å². The van der Waals surface area contributed by atoms with Gasteiger partial charge in [-0.3, -0.25) is 0 Å². The van der Waals surface area contributed by atoms with Crippen molar-refractivity contribution in [2.45, 2.75) is 89.6 Å². The number of nitriles is 1. The average molecular weight is 512 g/mol. The monoisotopic (exact) mass is 511 g/mol. The maximum atomic E-state index is 10.6. The third-order valence-electron chi connectivity index (χ3n) is 8.47. The summed E-state index contributed by atoms with van der Waals surface area (Å²) in [5.74, 6) is 0.686. The van der Waals surface area contributed by atoms with E-state index in [-0.39, 0.29) is 0 Å². The fraction of sp³-hybridized carbons (Fsp3) is 0.621. The van der Waals surface area contributed by atoms with E-state index in [1.54, 1.807) is 19.6 Å². The first-order valence-electron chi connectivity index (χ1n) is 13.2. The quantitative estimate of drug-likeness (QED) is 0.303. The predicted octanol–water partition coefficient (Wildman–Crippen LogP) is 7.48. The Morgan fingerprint density at radius 3 is 2.19 bits per heavy atom. The van der Waals surface area contributed by atoms with E-state index in [4.69, 9.17) is 23.1 Å². The molecule has 1 aliphatic heterocycles. The topological polar surface area (TPSA) is 73.9 Å². The highest BCUT2D eigenvalue weighted by atomic mass is 28.4. The normalized spacial score (nSPS) is 23.7. The molecule has 6 nitrogen and oxygen atoms in total. The smallest absolute Gasteiger partial charge is 0.258 e. The Hall–Kier alpha value is -2.27. The molecule has 0 aromatic carbocycles. The van der Waals surface area contributed by atoms with Crippen LogP contribution in [0.1, 0.15) is 72.8 Å². The van der Waals surface area contributed by atoms with Crippen molar-refractivity contribution in [3.8, 4) is 6.07 Å². The average Bonchev–Trinajstić information content (AvgIpc) is 3.57. The second-order valence-electron chi connectivity index (χ2n) is 11.3. The minimum atomic E-state index is -2.21. The molecule has 0 amide bonds.